The standard InChI is InChI=1S/C7H6F8O/c1-2-3-4(16,6(10,11)12)5(8,9)7(13,14)15/h2,16H,1,3H2. The summed E-state index contributed by atoms with van der Waals surface area (Å²) in [6.07, 6.45) is -14.5. The Bertz CT molecular complexity index is 265. The highest BCUT2D eigenvalue weighted by molar-refractivity contribution is 5.06. The van der Waals surface area contributed by atoms with E-state index in [1.807, 2.05) is 0 Å². The molecule has 0 bridgehead atoms. The third-order valence-corrected chi connectivity index (χ3v) is 1.78. The lowest BCUT2D eigenvalue weighted by molar-refractivity contribution is -0.401. The van der Waals surface area contributed by atoms with Crippen LogP contribution in [0.4, 0.5) is 35.1 Å². The van der Waals surface area contributed by atoms with Gasteiger partial charge in [-0.15, -0.1) is 6.58 Å². The lowest BCUT2D eigenvalue weighted by Gasteiger charge is -2.37. The zero-order chi connectivity index (χ0) is 13.4. The van der Waals surface area contributed by atoms with E-state index in [-0.39, 0.29) is 6.08 Å². The maximum atomic E-state index is 12.5. The van der Waals surface area contributed by atoms with Crippen LogP contribution < -0.4 is 0 Å². The largest absolute Gasteiger partial charge is 0.456 e. The molecule has 0 aliphatic heterocycles. The SMILES string of the molecule is C=CCC(O)(C(F)(F)F)C(F)(F)C(F)(F)F. The Hall–Kier alpha value is -0.860. The van der Waals surface area contributed by atoms with Gasteiger partial charge in [0.2, 0.25) is 5.60 Å². The van der Waals surface area contributed by atoms with Gasteiger partial charge >= 0.3 is 18.3 Å². The number of hydrogen-bond donors (Lipinski definition) is 1. The molecule has 0 aliphatic rings. The van der Waals surface area contributed by atoms with Crippen LogP contribution in [0.15, 0.2) is 12.7 Å². The fraction of sp³-hybridized carbons (Fsp3) is 0.714. The van der Waals surface area contributed by atoms with Gasteiger partial charge in [-0.2, -0.15) is 35.1 Å². The highest BCUT2D eigenvalue weighted by Crippen LogP contribution is 2.51. The molecule has 0 heterocycles. The molecule has 16 heavy (non-hydrogen) atoms. The van der Waals surface area contributed by atoms with Crippen LogP contribution in [0.2, 0.25) is 0 Å². The van der Waals surface area contributed by atoms with Crippen LogP contribution in [0, 0.1) is 0 Å². The first-order valence-corrected chi connectivity index (χ1v) is 3.66. The Labute approximate surface area is 84.4 Å². The van der Waals surface area contributed by atoms with E-state index in [4.69, 9.17) is 5.11 Å². The molecule has 0 aromatic rings. The minimum atomic E-state index is -6.51. The molecule has 1 unspecified atom stereocenters. The Morgan fingerprint density at radius 3 is 1.44 bits per heavy atom. The first-order chi connectivity index (χ1) is 6.81. The molecule has 0 aromatic carbocycles. The summed E-state index contributed by atoms with van der Waals surface area (Å²) in [5, 5.41) is 8.54. The van der Waals surface area contributed by atoms with Crippen molar-refractivity contribution in [3.8, 4) is 0 Å². The van der Waals surface area contributed by atoms with E-state index in [2.05, 4.69) is 6.58 Å². The van der Waals surface area contributed by atoms with Crippen molar-refractivity contribution in [3.63, 3.8) is 0 Å². The van der Waals surface area contributed by atoms with Crippen molar-refractivity contribution in [3.05, 3.63) is 12.7 Å². The molecule has 0 spiro atoms. The van der Waals surface area contributed by atoms with E-state index in [1.165, 1.54) is 0 Å². The maximum absolute atomic E-state index is 12.5. The summed E-state index contributed by atoms with van der Waals surface area (Å²) in [4.78, 5) is 0. The fourth-order valence-electron chi connectivity index (χ4n) is 0.865. The lowest BCUT2D eigenvalue weighted by atomic mass is 9.90. The average molecular weight is 258 g/mol. The topological polar surface area (TPSA) is 20.2 Å². The molecule has 1 atom stereocenters. The van der Waals surface area contributed by atoms with Gasteiger partial charge in [0, 0.05) is 6.42 Å². The van der Waals surface area contributed by atoms with Crippen molar-refractivity contribution >= 4 is 0 Å². The average Bonchev–Trinajstić information content (AvgIpc) is 1.99. The summed E-state index contributed by atoms with van der Waals surface area (Å²) < 4.78 is 96.4. The summed E-state index contributed by atoms with van der Waals surface area (Å²) in [5.41, 5.74) is -5.21. The van der Waals surface area contributed by atoms with Crippen molar-refractivity contribution in [2.24, 2.45) is 0 Å². The number of rotatable bonds is 3. The van der Waals surface area contributed by atoms with Gasteiger partial charge in [-0.3, -0.25) is 0 Å². The molecule has 1 nitrogen and oxygen atoms in total. The second-order valence-corrected chi connectivity index (χ2v) is 2.92. The van der Waals surface area contributed by atoms with Gasteiger partial charge in [0.05, 0.1) is 0 Å². The van der Waals surface area contributed by atoms with Gasteiger partial charge in [-0.1, -0.05) is 6.08 Å². The van der Waals surface area contributed by atoms with Crippen LogP contribution in [-0.2, 0) is 0 Å². The van der Waals surface area contributed by atoms with Gasteiger partial charge < -0.3 is 5.11 Å². The Balaban J connectivity index is 5.63. The van der Waals surface area contributed by atoms with Gasteiger partial charge in [0.1, 0.15) is 0 Å². The number of alkyl halides is 8. The number of halogens is 8. The molecule has 0 aliphatic carbocycles. The molecule has 0 amide bonds. The van der Waals surface area contributed by atoms with E-state index in [1.54, 1.807) is 0 Å². The molecule has 0 saturated carbocycles. The summed E-state index contributed by atoms with van der Waals surface area (Å²) in [6, 6.07) is 0. The summed E-state index contributed by atoms with van der Waals surface area (Å²) in [6.45, 7) is 2.59. The summed E-state index contributed by atoms with van der Waals surface area (Å²) in [7, 11) is 0. The maximum Gasteiger partial charge on any atom is 0.456 e. The first kappa shape index (κ1) is 15.1. The second kappa shape index (κ2) is 3.86. The van der Waals surface area contributed by atoms with E-state index >= 15 is 0 Å². The normalized spacial score (nSPS) is 18.1. The van der Waals surface area contributed by atoms with Crippen LogP contribution in [0.25, 0.3) is 0 Å². The van der Waals surface area contributed by atoms with Crippen molar-refractivity contribution in [2.75, 3.05) is 0 Å². The van der Waals surface area contributed by atoms with Gasteiger partial charge in [0.25, 0.3) is 0 Å². The molecule has 96 valence electrons. The smallest absolute Gasteiger partial charge is 0.375 e. The van der Waals surface area contributed by atoms with Crippen LogP contribution >= 0.6 is 0 Å². The molecule has 1 N–H and O–H groups in total. The summed E-state index contributed by atoms with van der Waals surface area (Å²) >= 11 is 0. The molecule has 0 fully saturated rings. The third-order valence-electron chi connectivity index (χ3n) is 1.78. The Morgan fingerprint density at radius 2 is 1.25 bits per heavy atom. The minimum Gasteiger partial charge on any atom is -0.375 e. The van der Waals surface area contributed by atoms with Crippen LogP contribution in [0.5, 0.6) is 0 Å². The van der Waals surface area contributed by atoms with Gasteiger partial charge in [-0.25, -0.2) is 0 Å². The predicted molar refractivity (Wildman–Crippen MR) is 36.8 cm³/mol. The molecule has 0 saturated heterocycles. The highest BCUT2D eigenvalue weighted by Gasteiger charge is 2.78. The molecule has 0 radical (unpaired) electrons. The van der Waals surface area contributed by atoms with Crippen molar-refractivity contribution < 1.29 is 40.2 Å². The minimum absolute atomic E-state index is 0.132. The molecular weight excluding hydrogens is 252 g/mol. The lowest BCUT2D eigenvalue weighted by Crippen LogP contribution is -2.64. The summed E-state index contributed by atoms with van der Waals surface area (Å²) in [5.74, 6) is -6.31. The predicted octanol–water partition coefficient (Wildman–Crippen LogP) is 3.05. The Morgan fingerprint density at radius 1 is 0.875 bits per heavy atom. The van der Waals surface area contributed by atoms with E-state index in [9.17, 15) is 35.1 Å². The molecule has 9 heteroatoms. The van der Waals surface area contributed by atoms with Crippen LogP contribution in [0.3, 0.4) is 0 Å². The van der Waals surface area contributed by atoms with Crippen molar-refractivity contribution in [2.45, 2.75) is 30.3 Å². The van der Waals surface area contributed by atoms with E-state index < -0.39 is 30.3 Å². The van der Waals surface area contributed by atoms with Crippen molar-refractivity contribution in [1.29, 1.82) is 0 Å². The van der Waals surface area contributed by atoms with E-state index in [0.29, 0.717) is 0 Å². The van der Waals surface area contributed by atoms with Gasteiger partial charge in [0.15, 0.2) is 0 Å². The quantitative estimate of drug-likeness (QED) is 0.609. The third kappa shape index (κ3) is 2.13. The molecular formula is C7H6F8O. The number of aliphatic hydroxyl groups is 1. The second-order valence-electron chi connectivity index (χ2n) is 2.92. The fourth-order valence-corrected chi connectivity index (χ4v) is 0.865. The molecule has 0 aromatic heterocycles. The Kier molecular flexibility index (Phi) is 3.66. The zero-order valence-electron chi connectivity index (χ0n) is 7.46. The van der Waals surface area contributed by atoms with Crippen LogP contribution in [0.1, 0.15) is 6.42 Å². The van der Waals surface area contributed by atoms with Crippen molar-refractivity contribution in [1.82, 2.24) is 0 Å². The van der Waals surface area contributed by atoms with Gasteiger partial charge in [-0.05, 0) is 0 Å². The first-order valence-electron chi connectivity index (χ1n) is 3.66. The molecule has 0 rings (SSSR count). The van der Waals surface area contributed by atoms with E-state index in [0.717, 1.165) is 0 Å². The highest BCUT2D eigenvalue weighted by atomic mass is 19.4. The number of hydrogen-bond acceptors (Lipinski definition) is 1. The zero-order valence-corrected chi connectivity index (χ0v) is 7.46. The van der Waals surface area contributed by atoms with Crippen LogP contribution in [-0.4, -0.2) is 29.0 Å². The monoisotopic (exact) mass is 258 g/mol.